The number of nitrogens with one attached hydrogen (secondary N) is 3. The Bertz CT molecular complexity index is 1090. The smallest absolute Gasteiger partial charge is 0.247 e. The van der Waals surface area contributed by atoms with Crippen LogP contribution in [0.25, 0.3) is 0 Å². The van der Waals surface area contributed by atoms with Gasteiger partial charge in [-0.3, -0.25) is 19.1 Å². The van der Waals surface area contributed by atoms with Gasteiger partial charge < -0.3 is 16.0 Å². The van der Waals surface area contributed by atoms with Crippen LogP contribution in [0.5, 0.6) is 0 Å². The summed E-state index contributed by atoms with van der Waals surface area (Å²) >= 11 is 0. The topological polar surface area (TPSA) is 105 Å². The van der Waals surface area contributed by atoms with Crippen LogP contribution in [-0.4, -0.2) is 33.5 Å². The Morgan fingerprint density at radius 1 is 0.970 bits per heavy atom. The van der Waals surface area contributed by atoms with E-state index in [1.807, 2.05) is 51.1 Å². The number of carbonyl (C=O) groups is 3. The first-order chi connectivity index (χ1) is 15.8. The van der Waals surface area contributed by atoms with Crippen molar-refractivity contribution in [2.45, 2.75) is 39.8 Å². The lowest BCUT2D eigenvalue weighted by Crippen LogP contribution is -2.47. The Labute approximate surface area is 193 Å². The van der Waals surface area contributed by atoms with E-state index in [9.17, 15) is 14.4 Å². The predicted molar refractivity (Wildman–Crippen MR) is 128 cm³/mol. The van der Waals surface area contributed by atoms with E-state index in [1.54, 1.807) is 36.7 Å². The van der Waals surface area contributed by atoms with Gasteiger partial charge in [0.05, 0.1) is 6.42 Å². The van der Waals surface area contributed by atoms with Crippen LogP contribution in [0.3, 0.4) is 0 Å². The zero-order valence-corrected chi connectivity index (χ0v) is 19.0. The first kappa shape index (κ1) is 23.7. The molecule has 0 aliphatic heterocycles. The molecule has 3 rings (SSSR count). The number of hydrogen-bond acceptors (Lipinski definition) is 4. The molecule has 0 aliphatic carbocycles. The summed E-state index contributed by atoms with van der Waals surface area (Å²) in [6, 6.07) is 15.7. The van der Waals surface area contributed by atoms with Crippen molar-refractivity contribution in [3.63, 3.8) is 0 Å². The molecule has 8 heteroatoms. The van der Waals surface area contributed by atoms with Crippen LogP contribution in [-0.2, 0) is 27.3 Å². The highest BCUT2D eigenvalue weighted by Gasteiger charge is 2.24. The van der Waals surface area contributed by atoms with E-state index in [0.29, 0.717) is 11.4 Å². The quantitative estimate of drug-likeness (QED) is 0.469. The lowest BCUT2D eigenvalue weighted by molar-refractivity contribution is -0.127. The van der Waals surface area contributed by atoms with Gasteiger partial charge in [-0.05, 0) is 48.2 Å². The molecule has 8 nitrogen and oxygen atoms in total. The number of anilines is 2. The third-order valence-corrected chi connectivity index (χ3v) is 5.11. The Kier molecular flexibility index (Phi) is 7.96. The molecule has 0 saturated heterocycles. The van der Waals surface area contributed by atoms with Crippen LogP contribution >= 0.6 is 0 Å². The third-order valence-electron chi connectivity index (χ3n) is 5.11. The van der Waals surface area contributed by atoms with Gasteiger partial charge in [-0.2, -0.15) is 5.10 Å². The average molecular weight is 448 g/mol. The van der Waals surface area contributed by atoms with Crippen molar-refractivity contribution in [1.29, 1.82) is 0 Å². The molecule has 0 aliphatic rings. The molecule has 0 unspecified atom stereocenters. The second-order valence-electron chi connectivity index (χ2n) is 8.22. The van der Waals surface area contributed by atoms with Crippen molar-refractivity contribution in [2.24, 2.45) is 5.92 Å². The van der Waals surface area contributed by atoms with Gasteiger partial charge in [0.2, 0.25) is 17.7 Å². The Balaban J connectivity index is 1.59. The number of rotatable bonds is 9. The van der Waals surface area contributed by atoms with Gasteiger partial charge in [0.25, 0.3) is 0 Å². The van der Waals surface area contributed by atoms with Crippen molar-refractivity contribution in [3.8, 4) is 0 Å². The zero-order chi connectivity index (χ0) is 23.8. The van der Waals surface area contributed by atoms with E-state index in [-0.39, 0.29) is 36.6 Å². The standard InChI is InChI=1S/C25H29N5O3/c1-17(2)24(29-22(31)15-19-8-5-4-6-9-19)25(33)27-20-10-11-21(18(3)14-20)28-23(32)16-30-13-7-12-26-30/h4-14,17,24H,15-16H2,1-3H3,(H,27,33)(H,28,32)(H,29,31)/t24-/m0/s1. The summed E-state index contributed by atoms with van der Waals surface area (Å²) in [5.74, 6) is -0.783. The van der Waals surface area contributed by atoms with Crippen LogP contribution in [0.15, 0.2) is 67.0 Å². The van der Waals surface area contributed by atoms with E-state index < -0.39 is 6.04 Å². The summed E-state index contributed by atoms with van der Waals surface area (Å²) in [4.78, 5) is 37.6. The highest BCUT2D eigenvalue weighted by atomic mass is 16.2. The Hall–Kier alpha value is -3.94. The van der Waals surface area contributed by atoms with E-state index in [1.165, 1.54) is 4.68 Å². The number of carbonyl (C=O) groups excluding carboxylic acids is 3. The molecular weight excluding hydrogens is 418 g/mol. The minimum atomic E-state index is -0.671. The maximum atomic E-state index is 12.9. The Morgan fingerprint density at radius 3 is 2.36 bits per heavy atom. The van der Waals surface area contributed by atoms with Crippen LogP contribution in [0.1, 0.15) is 25.0 Å². The summed E-state index contributed by atoms with van der Waals surface area (Å²) in [5, 5.41) is 12.6. The van der Waals surface area contributed by atoms with Crippen LogP contribution in [0, 0.1) is 12.8 Å². The highest BCUT2D eigenvalue weighted by molar-refractivity contribution is 5.98. The SMILES string of the molecule is Cc1cc(NC(=O)[C@@H](NC(=O)Cc2ccccc2)C(C)C)ccc1NC(=O)Cn1cccn1. The largest absolute Gasteiger partial charge is 0.344 e. The predicted octanol–water partition coefficient (Wildman–Crippen LogP) is 3.15. The average Bonchev–Trinajstić information content (AvgIpc) is 3.27. The molecule has 3 aromatic rings. The molecule has 1 atom stereocenters. The van der Waals surface area contributed by atoms with Crippen molar-refractivity contribution in [2.75, 3.05) is 10.6 Å². The van der Waals surface area contributed by atoms with Crippen molar-refractivity contribution in [1.82, 2.24) is 15.1 Å². The van der Waals surface area contributed by atoms with Gasteiger partial charge in [-0.1, -0.05) is 44.2 Å². The highest BCUT2D eigenvalue weighted by Crippen LogP contribution is 2.20. The first-order valence-electron chi connectivity index (χ1n) is 10.8. The number of benzene rings is 2. The van der Waals surface area contributed by atoms with Gasteiger partial charge in [0.15, 0.2) is 0 Å². The summed E-state index contributed by atoms with van der Waals surface area (Å²) in [7, 11) is 0. The number of hydrogen-bond donors (Lipinski definition) is 3. The minimum Gasteiger partial charge on any atom is -0.344 e. The molecule has 0 saturated carbocycles. The van der Waals surface area contributed by atoms with Crippen molar-refractivity contribution < 1.29 is 14.4 Å². The molecule has 1 heterocycles. The molecule has 3 N–H and O–H groups in total. The first-order valence-corrected chi connectivity index (χ1v) is 10.8. The monoisotopic (exact) mass is 447 g/mol. The summed E-state index contributed by atoms with van der Waals surface area (Å²) in [5.41, 5.74) is 2.93. The second-order valence-corrected chi connectivity index (χ2v) is 8.22. The molecule has 0 bridgehead atoms. The molecule has 33 heavy (non-hydrogen) atoms. The van der Waals surface area contributed by atoms with Gasteiger partial charge in [-0.25, -0.2) is 0 Å². The van der Waals surface area contributed by atoms with E-state index in [4.69, 9.17) is 0 Å². The van der Waals surface area contributed by atoms with Crippen molar-refractivity contribution >= 4 is 29.1 Å². The molecule has 0 spiro atoms. The van der Waals surface area contributed by atoms with Gasteiger partial charge in [0, 0.05) is 23.8 Å². The van der Waals surface area contributed by atoms with Crippen LogP contribution in [0.2, 0.25) is 0 Å². The fraction of sp³-hybridized carbons (Fsp3) is 0.280. The number of aryl methyl sites for hydroxylation is 1. The van der Waals surface area contributed by atoms with Crippen LogP contribution in [0.4, 0.5) is 11.4 Å². The molecule has 1 aromatic heterocycles. The maximum absolute atomic E-state index is 12.9. The summed E-state index contributed by atoms with van der Waals surface area (Å²) in [6.45, 7) is 5.73. The second kappa shape index (κ2) is 11.1. The molecule has 172 valence electrons. The fourth-order valence-corrected chi connectivity index (χ4v) is 3.37. The molecule has 3 amide bonds. The molecule has 0 radical (unpaired) electrons. The molecular formula is C25H29N5O3. The Morgan fingerprint density at radius 2 is 1.73 bits per heavy atom. The minimum absolute atomic E-state index is 0.0910. The number of nitrogens with zero attached hydrogens (tertiary/aromatic N) is 2. The van der Waals surface area contributed by atoms with E-state index in [2.05, 4.69) is 21.0 Å². The normalized spacial score (nSPS) is 11.6. The summed E-state index contributed by atoms with van der Waals surface area (Å²) in [6.07, 6.45) is 3.54. The molecule has 2 aromatic carbocycles. The maximum Gasteiger partial charge on any atom is 0.247 e. The van der Waals surface area contributed by atoms with Gasteiger partial charge in [0.1, 0.15) is 12.6 Å². The van der Waals surface area contributed by atoms with E-state index in [0.717, 1.165) is 11.1 Å². The lowest BCUT2D eigenvalue weighted by Gasteiger charge is -2.22. The third kappa shape index (κ3) is 7.03. The number of aromatic nitrogens is 2. The zero-order valence-electron chi connectivity index (χ0n) is 19.0. The van der Waals surface area contributed by atoms with Crippen LogP contribution < -0.4 is 16.0 Å². The van der Waals surface area contributed by atoms with Gasteiger partial charge >= 0.3 is 0 Å². The molecule has 0 fully saturated rings. The summed E-state index contributed by atoms with van der Waals surface area (Å²) < 4.78 is 1.54. The lowest BCUT2D eigenvalue weighted by atomic mass is 10.0. The fourth-order valence-electron chi connectivity index (χ4n) is 3.37. The van der Waals surface area contributed by atoms with Gasteiger partial charge in [-0.15, -0.1) is 0 Å². The number of amides is 3. The van der Waals surface area contributed by atoms with E-state index >= 15 is 0 Å². The van der Waals surface area contributed by atoms with Crippen molar-refractivity contribution in [3.05, 3.63) is 78.1 Å².